The third kappa shape index (κ3) is 3.67. The molecule has 3 rings (SSSR count). The van der Waals surface area contributed by atoms with E-state index in [-0.39, 0.29) is 5.56 Å². The molecule has 0 aliphatic heterocycles. The highest BCUT2D eigenvalue weighted by Gasteiger charge is 2.12. The van der Waals surface area contributed by atoms with E-state index in [1.807, 2.05) is 0 Å². The molecular weight excluding hydrogens is 360 g/mol. The number of halogens is 3. The summed E-state index contributed by atoms with van der Waals surface area (Å²) in [5, 5.41) is 5.84. The lowest BCUT2D eigenvalue weighted by Gasteiger charge is -2.02. The first-order chi connectivity index (χ1) is 11.0. The van der Waals surface area contributed by atoms with Crippen molar-refractivity contribution in [2.24, 2.45) is 0 Å². The van der Waals surface area contributed by atoms with Crippen LogP contribution in [0.1, 0.15) is 10.4 Å². The van der Waals surface area contributed by atoms with E-state index in [0.717, 1.165) is 12.3 Å². The van der Waals surface area contributed by atoms with Crippen LogP contribution in [0.5, 0.6) is 0 Å². The van der Waals surface area contributed by atoms with Crippen LogP contribution in [-0.2, 0) is 0 Å². The quantitative estimate of drug-likeness (QED) is 0.669. The van der Waals surface area contributed by atoms with E-state index in [1.54, 1.807) is 23.6 Å². The molecule has 8 heteroatoms. The first-order valence-corrected chi connectivity index (χ1v) is 8.00. The Morgan fingerprint density at radius 2 is 2.04 bits per heavy atom. The number of hydrogen-bond donors (Lipinski definition) is 1. The van der Waals surface area contributed by atoms with Gasteiger partial charge >= 0.3 is 0 Å². The molecule has 4 nitrogen and oxygen atoms in total. The molecule has 0 saturated heterocycles. The van der Waals surface area contributed by atoms with Crippen LogP contribution in [0.15, 0.2) is 41.9 Å². The average molecular weight is 368 g/mol. The molecule has 0 aliphatic carbocycles. The summed E-state index contributed by atoms with van der Waals surface area (Å²) in [5.41, 5.74) is 1.53. The van der Waals surface area contributed by atoms with Gasteiger partial charge in [0.15, 0.2) is 5.13 Å². The molecule has 3 aromatic rings. The molecule has 1 N–H and O–H groups in total. The standard InChI is InChI=1S/C15H8Cl2FN3OS/c16-9-2-3-11(17)10(5-9)12-7-23-15(20-12)21-14(22)8-1-4-13(18)19-6-8/h1-7H,(H,20,21,22). The van der Waals surface area contributed by atoms with Gasteiger partial charge in [0.25, 0.3) is 5.91 Å². The van der Waals surface area contributed by atoms with E-state index >= 15 is 0 Å². The van der Waals surface area contributed by atoms with Crippen molar-refractivity contribution >= 4 is 45.6 Å². The van der Waals surface area contributed by atoms with Crippen molar-refractivity contribution in [2.45, 2.75) is 0 Å². The Morgan fingerprint density at radius 1 is 1.22 bits per heavy atom. The molecule has 0 bridgehead atoms. The zero-order valence-electron chi connectivity index (χ0n) is 11.4. The van der Waals surface area contributed by atoms with Crippen LogP contribution >= 0.6 is 34.5 Å². The summed E-state index contributed by atoms with van der Waals surface area (Å²) < 4.78 is 12.8. The molecule has 0 aliphatic rings. The number of nitrogens with one attached hydrogen (secondary N) is 1. The third-order valence-electron chi connectivity index (χ3n) is 2.92. The predicted octanol–water partition coefficient (Wildman–Crippen LogP) is 4.90. The minimum atomic E-state index is -0.645. The monoisotopic (exact) mass is 367 g/mol. The molecule has 0 unspecified atom stereocenters. The fourth-order valence-corrected chi connectivity index (χ4v) is 2.92. The summed E-state index contributed by atoms with van der Waals surface area (Å²) >= 11 is 13.3. The Bertz CT molecular complexity index is 867. The van der Waals surface area contributed by atoms with Gasteiger partial charge in [0.05, 0.1) is 16.3 Å². The van der Waals surface area contributed by atoms with E-state index in [0.29, 0.717) is 26.4 Å². The van der Waals surface area contributed by atoms with Gasteiger partial charge in [-0.2, -0.15) is 4.39 Å². The summed E-state index contributed by atoms with van der Waals surface area (Å²) in [7, 11) is 0. The topological polar surface area (TPSA) is 54.9 Å². The molecule has 0 atom stereocenters. The minimum absolute atomic E-state index is 0.240. The number of thiazole rings is 1. The maximum Gasteiger partial charge on any atom is 0.259 e. The zero-order chi connectivity index (χ0) is 16.4. The number of amides is 1. The molecular formula is C15H8Cl2FN3OS. The highest BCUT2D eigenvalue weighted by atomic mass is 35.5. The molecule has 0 spiro atoms. The zero-order valence-corrected chi connectivity index (χ0v) is 13.7. The van der Waals surface area contributed by atoms with Crippen molar-refractivity contribution in [1.82, 2.24) is 9.97 Å². The number of nitrogens with zero attached hydrogens (tertiary/aromatic N) is 2. The number of aromatic nitrogens is 2. The van der Waals surface area contributed by atoms with E-state index in [4.69, 9.17) is 23.2 Å². The van der Waals surface area contributed by atoms with Crippen LogP contribution in [0, 0.1) is 5.95 Å². The molecule has 0 saturated carbocycles. The van der Waals surface area contributed by atoms with E-state index < -0.39 is 11.9 Å². The Balaban J connectivity index is 1.81. The average Bonchev–Trinajstić information content (AvgIpc) is 2.98. The molecule has 2 heterocycles. The summed E-state index contributed by atoms with van der Waals surface area (Å²) in [6.07, 6.45) is 1.16. The van der Waals surface area contributed by atoms with Gasteiger partial charge in [-0.15, -0.1) is 11.3 Å². The Hall–Kier alpha value is -2.02. The molecule has 23 heavy (non-hydrogen) atoms. The summed E-state index contributed by atoms with van der Waals surface area (Å²) in [6.45, 7) is 0. The van der Waals surface area contributed by atoms with Crippen molar-refractivity contribution in [3.8, 4) is 11.3 Å². The molecule has 1 amide bonds. The smallest absolute Gasteiger partial charge is 0.259 e. The second-order valence-corrected chi connectivity index (χ2v) is 6.19. The summed E-state index contributed by atoms with van der Waals surface area (Å²) in [6, 6.07) is 7.54. The second-order valence-electron chi connectivity index (χ2n) is 4.49. The predicted molar refractivity (Wildman–Crippen MR) is 89.7 cm³/mol. The number of pyridine rings is 1. The second kappa shape index (κ2) is 6.62. The normalized spacial score (nSPS) is 10.6. The summed E-state index contributed by atoms with van der Waals surface area (Å²) in [4.78, 5) is 19.8. The van der Waals surface area contributed by atoms with Gasteiger partial charge < -0.3 is 0 Å². The lowest BCUT2D eigenvalue weighted by atomic mass is 10.2. The van der Waals surface area contributed by atoms with E-state index in [2.05, 4.69) is 15.3 Å². The number of carbonyl (C=O) groups excluding carboxylic acids is 1. The lowest BCUT2D eigenvalue weighted by molar-refractivity contribution is 0.102. The molecule has 1 aromatic carbocycles. The third-order valence-corrected chi connectivity index (χ3v) is 4.24. The van der Waals surface area contributed by atoms with Crippen LogP contribution < -0.4 is 5.32 Å². The van der Waals surface area contributed by atoms with Crippen LogP contribution in [0.3, 0.4) is 0 Å². The van der Waals surface area contributed by atoms with Gasteiger partial charge in [0.2, 0.25) is 5.95 Å². The van der Waals surface area contributed by atoms with Gasteiger partial charge in [-0.25, -0.2) is 9.97 Å². The van der Waals surface area contributed by atoms with Crippen molar-refractivity contribution < 1.29 is 9.18 Å². The van der Waals surface area contributed by atoms with Crippen LogP contribution in [0.25, 0.3) is 11.3 Å². The number of rotatable bonds is 3. The van der Waals surface area contributed by atoms with Crippen LogP contribution in [0.4, 0.5) is 9.52 Å². The first-order valence-electron chi connectivity index (χ1n) is 6.37. The number of benzene rings is 1. The molecule has 116 valence electrons. The fraction of sp³-hybridized carbons (Fsp3) is 0. The number of anilines is 1. The van der Waals surface area contributed by atoms with Gasteiger partial charge in [0.1, 0.15) is 0 Å². The maximum absolute atomic E-state index is 12.8. The Kier molecular flexibility index (Phi) is 4.56. The number of hydrogen-bond acceptors (Lipinski definition) is 4. The summed E-state index contributed by atoms with van der Waals surface area (Å²) in [5.74, 6) is -1.07. The fourth-order valence-electron chi connectivity index (χ4n) is 1.83. The lowest BCUT2D eigenvalue weighted by Crippen LogP contribution is -2.12. The van der Waals surface area contributed by atoms with Gasteiger partial charge in [-0.3, -0.25) is 10.1 Å². The first kappa shape index (κ1) is 15.9. The van der Waals surface area contributed by atoms with Crippen molar-refractivity contribution in [3.05, 3.63) is 63.5 Å². The van der Waals surface area contributed by atoms with E-state index in [9.17, 15) is 9.18 Å². The van der Waals surface area contributed by atoms with Crippen molar-refractivity contribution in [3.63, 3.8) is 0 Å². The molecule has 0 radical (unpaired) electrons. The largest absolute Gasteiger partial charge is 0.298 e. The molecule has 2 aromatic heterocycles. The minimum Gasteiger partial charge on any atom is -0.298 e. The SMILES string of the molecule is O=C(Nc1nc(-c2cc(Cl)ccc2Cl)cs1)c1ccc(F)nc1. The highest BCUT2D eigenvalue weighted by Crippen LogP contribution is 2.32. The Labute approximate surface area is 144 Å². The van der Waals surface area contributed by atoms with Gasteiger partial charge in [-0.05, 0) is 30.3 Å². The van der Waals surface area contributed by atoms with Crippen molar-refractivity contribution in [2.75, 3.05) is 5.32 Å². The Morgan fingerprint density at radius 3 is 2.78 bits per heavy atom. The molecule has 0 fully saturated rings. The van der Waals surface area contributed by atoms with Gasteiger partial charge in [0, 0.05) is 22.2 Å². The highest BCUT2D eigenvalue weighted by molar-refractivity contribution is 7.14. The van der Waals surface area contributed by atoms with Gasteiger partial charge in [-0.1, -0.05) is 23.2 Å². The number of carbonyl (C=O) groups is 1. The van der Waals surface area contributed by atoms with Crippen molar-refractivity contribution in [1.29, 1.82) is 0 Å². The maximum atomic E-state index is 12.8. The van der Waals surface area contributed by atoms with Crippen LogP contribution in [0.2, 0.25) is 10.0 Å². The van der Waals surface area contributed by atoms with E-state index in [1.165, 1.54) is 17.4 Å². The van der Waals surface area contributed by atoms with Crippen LogP contribution in [-0.4, -0.2) is 15.9 Å².